The maximum Gasteiger partial charge on any atom is 0.345 e. The molecular formula is C8H11F2NO. The van der Waals surface area contributed by atoms with Gasteiger partial charge in [0.25, 0.3) is 0 Å². The summed E-state index contributed by atoms with van der Waals surface area (Å²) in [7, 11) is 0. The van der Waals surface area contributed by atoms with Gasteiger partial charge < -0.3 is 4.74 Å². The maximum absolute atomic E-state index is 11.8. The molecule has 2 nitrogen and oxygen atoms in total. The smallest absolute Gasteiger partial charge is 0.318 e. The summed E-state index contributed by atoms with van der Waals surface area (Å²) in [6, 6.07) is 2.00. The number of rotatable bonds is 2. The molecule has 1 saturated carbocycles. The highest BCUT2D eigenvalue weighted by atomic mass is 19.3. The third kappa shape index (κ3) is 2.42. The summed E-state index contributed by atoms with van der Waals surface area (Å²) < 4.78 is 27.9. The van der Waals surface area contributed by atoms with Gasteiger partial charge in [0.05, 0.1) is 18.1 Å². The molecule has 1 rings (SSSR count). The number of ether oxygens (including phenoxy) is 1. The highest BCUT2D eigenvalue weighted by Crippen LogP contribution is 2.27. The monoisotopic (exact) mass is 175 g/mol. The molecule has 0 aromatic carbocycles. The molecular weight excluding hydrogens is 164 g/mol. The fourth-order valence-electron chi connectivity index (χ4n) is 1.54. The van der Waals surface area contributed by atoms with Gasteiger partial charge in [-0.2, -0.15) is 14.0 Å². The van der Waals surface area contributed by atoms with Gasteiger partial charge in [0.1, 0.15) is 0 Å². The van der Waals surface area contributed by atoms with Crippen LogP contribution in [0.4, 0.5) is 8.78 Å². The molecule has 0 radical (unpaired) electrons. The summed E-state index contributed by atoms with van der Waals surface area (Å²) >= 11 is 0. The summed E-state index contributed by atoms with van der Waals surface area (Å²) in [6.45, 7) is -2.75. The van der Waals surface area contributed by atoms with Crippen molar-refractivity contribution in [1.29, 1.82) is 5.26 Å². The number of nitriles is 1. The van der Waals surface area contributed by atoms with E-state index in [4.69, 9.17) is 5.26 Å². The fraction of sp³-hybridized carbons (Fsp3) is 0.875. The zero-order valence-electron chi connectivity index (χ0n) is 6.67. The first-order valence-electron chi connectivity index (χ1n) is 4.07. The molecule has 4 heteroatoms. The zero-order valence-corrected chi connectivity index (χ0v) is 6.67. The number of alkyl halides is 2. The van der Waals surface area contributed by atoms with E-state index in [9.17, 15) is 8.78 Å². The van der Waals surface area contributed by atoms with Gasteiger partial charge in [-0.05, 0) is 12.8 Å². The molecule has 68 valence electrons. The van der Waals surface area contributed by atoms with Crippen LogP contribution in [-0.4, -0.2) is 12.7 Å². The van der Waals surface area contributed by atoms with Crippen molar-refractivity contribution >= 4 is 0 Å². The van der Waals surface area contributed by atoms with Crippen LogP contribution in [-0.2, 0) is 4.74 Å². The molecule has 0 aliphatic heterocycles. The summed E-state index contributed by atoms with van der Waals surface area (Å²) in [5.41, 5.74) is 0. The predicted molar refractivity (Wildman–Crippen MR) is 38.4 cm³/mol. The standard InChI is InChI=1S/C8H11F2NO/c9-8(10)12-7-4-2-1-3-6(7)5-11/h6-8H,1-4H2. The van der Waals surface area contributed by atoms with Gasteiger partial charge in [0.15, 0.2) is 0 Å². The molecule has 1 aliphatic rings. The lowest BCUT2D eigenvalue weighted by atomic mass is 9.87. The van der Waals surface area contributed by atoms with Gasteiger partial charge in [0, 0.05) is 0 Å². The van der Waals surface area contributed by atoms with Crippen molar-refractivity contribution < 1.29 is 13.5 Å². The van der Waals surface area contributed by atoms with E-state index in [1.165, 1.54) is 0 Å². The second-order valence-electron chi connectivity index (χ2n) is 2.96. The molecule has 0 aromatic heterocycles. The van der Waals surface area contributed by atoms with Gasteiger partial charge in [-0.15, -0.1) is 0 Å². The zero-order chi connectivity index (χ0) is 8.97. The van der Waals surface area contributed by atoms with E-state index >= 15 is 0 Å². The van der Waals surface area contributed by atoms with E-state index in [2.05, 4.69) is 4.74 Å². The minimum atomic E-state index is -2.75. The maximum atomic E-state index is 11.8. The topological polar surface area (TPSA) is 33.0 Å². The van der Waals surface area contributed by atoms with Crippen LogP contribution in [0.25, 0.3) is 0 Å². The summed E-state index contributed by atoms with van der Waals surface area (Å²) in [4.78, 5) is 0. The van der Waals surface area contributed by atoms with Crippen molar-refractivity contribution in [2.24, 2.45) is 5.92 Å². The van der Waals surface area contributed by atoms with Crippen LogP contribution < -0.4 is 0 Å². The third-order valence-electron chi connectivity index (χ3n) is 2.15. The minimum Gasteiger partial charge on any atom is -0.318 e. The minimum absolute atomic E-state index is 0.340. The predicted octanol–water partition coefficient (Wildman–Crippen LogP) is 2.31. The quantitative estimate of drug-likeness (QED) is 0.645. The Morgan fingerprint density at radius 2 is 2.00 bits per heavy atom. The SMILES string of the molecule is N#CC1CCCCC1OC(F)F. The van der Waals surface area contributed by atoms with Gasteiger partial charge in [-0.3, -0.25) is 0 Å². The van der Waals surface area contributed by atoms with E-state index in [1.54, 1.807) is 0 Å². The number of nitrogens with zero attached hydrogens (tertiary/aromatic N) is 1. The van der Waals surface area contributed by atoms with Crippen molar-refractivity contribution in [2.75, 3.05) is 0 Å². The lowest BCUT2D eigenvalue weighted by molar-refractivity contribution is -0.177. The Kier molecular flexibility index (Phi) is 3.42. The molecule has 0 bridgehead atoms. The second kappa shape index (κ2) is 4.36. The molecule has 0 N–H and O–H groups in total. The molecule has 2 atom stereocenters. The van der Waals surface area contributed by atoms with Crippen LogP contribution in [0.3, 0.4) is 0 Å². The molecule has 1 aliphatic carbocycles. The molecule has 1 fully saturated rings. The lowest BCUT2D eigenvalue weighted by Gasteiger charge is -2.26. The third-order valence-corrected chi connectivity index (χ3v) is 2.15. The Morgan fingerprint density at radius 1 is 1.33 bits per heavy atom. The normalized spacial score (nSPS) is 30.2. The van der Waals surface area contributed by atoms with E-state index in [0.29, 0.717) is 12.8 Å². The van der Waals surface area contributed by atoms with Gasteiger partial charge in [0.2, 0.25) is 0 Å². The van der Waals surface area contributed by atoms with E-state index in [0.717, 1.165) is 12.8 Å². The highest BCUT2D eigenvalue weighted by Gasteiger charge is 2.27. The van der Waals surface area contributed by atoms with Crippen LogP contribution in [0.5, 0.6) is 0 Å². The van der Waals surface area contributed by atoms with E-state index < -0.39 is 12.7 Å². The Bertz CT molecular complexity index is 178. The first kappa shape index (κ1) is 9.40. The van der Waals surface area contributed by atoms with Gasteiger partial charge in [-0.1, -0.05) is 12.8 Å². The molecule has 0 saturated heterocycles. The summed E-state index contributed by atoms with van der Waals surface area (Å²) in [6.07, 6.45) is 2.55. The molecule has 0 spiro atoms. The van der Waals surface area contributed by atoms with Crippen LogP contribution in [0.1, 0.15) is 25.7 Å². The summed E-state index contributed by atoms with van der Waals surface area (Å²) in [5.74, 6) is -0.340. The molecule has 0 aromatic rings. The van der Waals surface area contributed by atoms with E-state index in [-0.39, 0.29) is 5.92 Å². The first-order valence-corrected chi connectivity index (χ1v) is 4.07. The molecule has 12 heavy (non-hydrogen) atoms. The number of hydrogen-bond acceptors (Lipinski definition) is 2. The molecule has 0 amide bonds. The van der Waals surface area contributed by atoms with Crippen LogP contribution >= 0.6 is 0 Å². The van der Waals surface area contributed by atoms with Crippen molar-refractivity contribution in [2.45, 2.75) is 38.4 Å². The fourth-order valence-corrected chi connectivity index (χ4v) is 1.54. The molecule has 2 unspecified atom stereocenters. The average Bonchev–Trinajstić information content (AvgIpc) is 2.04. The largest absolute Gasteiger partial charge is 0.345 e. The van der Waals surface area contributed by atoms with E-state index in [1.807, 2.05) is 6.07 Å². The van der Waals surface area contributed by atoms with Crippen molar-refractivity contribution in [3.8, 4) is 6.07 Å². The van der Waals surface area contributed by atoms with Crippen LogP contribution in [0, 0.1) is 17.2 Å². The summed E-state index contributed by atoms with van der Waals surface area (Å²) in [5, 5.41) is 8.60. The first-order chi connectivity index (χ1) is 5.74. The number of hydrogen-bond donors (Lipinski definition) is 0. The van der Waals surface area contributed by atoms with Gasteiger partial charge >= 0.3 is 6.61 Å². The lowest BCUT2D eigenvalue weighted by Crippen LogP contribution is -2.28. The average molecular weight is 175 g/mol. The van der Waals surface area contributed by atoms with Crippen LogP contribution in [0.15, 0.2) is 0 Å². The molecule has 0 heterocycles. The van der Waals surface area contributed by atoms with Crippen molar-refractivity contribution in [1.82, 2.24) is 0 Å². The van der Waals surface area contributed by atoms with Crippen LogP contribution in [0.2, 0.25) is 0 Å². The Hall–Kier alpha value is -0.690. The Labute approximate surface area is 70.1 Å². The Morgan fingerprint density at radius 3 is 2.58 bits per heavy atom. The highest BCUT2D eigenvalue weighted by molar-refractivity contribution is 4.91. The van der Waals surface area contributed by atoms with Gasteiger partial charge in [-0.25, -0.2) is 0 Å². The van der Waals surface area contributed by atoms with Crippen molar-refractivity contribution in [3.05, 3.63) is 0 Å². The second-order valence-corrected chi connectivity index (χ2v) is 2.96. The van der Waals surface area contributed by atoms with Crippen molar-refractivity contribution in [3.63, 3.8) is 0 Å². The number of halogens is 2. The Balaban J connectivity index is 2.43.